The van der Waals surface area contributed by atoms with Crippen molar-refractivity contribution in [3.63, 3.8) is 0 Å². The van der Waals surface area contributed by atoms with Crippen LogP contribution in [0.2, 0.25) is 0 Å². The minimum absolute atomic E-state index is 0.111. The Balaban J connectivity index is 3.25. The van der Waals surface area contributed by atoms with Crippen LogP contribution in [0.15, 0.2) is 18.2 Å². The zero-order valence-corrected chi connectivity index (χ0v) is 17.8. The van der Waals surface area contributed by atoms with Gasteiger partial charge in [-0.2, -0.15) is 16.8 Å². The van der Waals surface area contributed by atoms with E-state index >= 15 is 0 Å². The number of hydrogen-bond acceptors (Lipinski definition) is 6. The highest BCUT2D eigenvalue weighted by atomic mass is 35.7. The van der Waals surface area contributed by atoms with E-state index in [-0.39, 0.29) is 36.3 Å². The van der Waals surface area contributed by atoms with Gasteiger partial charge in [0.05, 0.1) is 19.9 Å². The van der Waals surface area contributed by atoms with E-state index in [9.17, 15) is 16.8 Å². The third-order valence-electron chi connectivity index (χ3n) is 2.96. The second-order valence-electron chi connectivity index (χ2n) is 4.59. The zero-order chi connectivity index (χ0) is 20.0. The highest BCUT2D eigenvalue weighted by Crippen LogP contribution is 2.30. The Morgan fingerprint density at radius 1 is 0.962 bits per heavy atom. The van der Waals surface area contributed by atoms with Crippen LogP contribution in [-0.4, -0.2) is 64.7 Å². The number of nitrogens with one attached hydrogen (secondary N) is 1. The second-order valence-corrected chi connectivity index (χ2v) is 9.34. The predicted molar refractivity (Wildman–Crippen MR) is 102 cm³/mol. The Kier molecular flexibility index (Phi) is 9.00. The molecule has 0 aliphatic carbocycles. The van der Waals surface area contributed by atoms with Gasteiger partial charge >= 0.3 is 19.4 Å². The quantitative estimate of drug-likeness (QED) is 0.300. The molecule has 150 valence electrons. The van der Waals surface area contributed by atoms with E-state index in [4.69, 9.17) is 43.4 Å². The van der Waals surface area contributed by atoms with Crippen molar-refractivity contribution < 1.29 is 26.3 Å². The van der Waals surface area contributed by atoms with Gasteiger partial charge in [-0.05, 0) is 12.1 Å². The molecule has 9 nitrogen and oxygen atoms in total. The van der Waals surface area contributed by atoms with Crippen molar-refractivity contribution in [2.45, 2.75) is 0 Å². The van der Waals surface area contributed by atoms with Crippen LogP contribution in [-0.2, 0) is 19.4 Å². The monoisotopic (exact) mass is 469 g/mol. The van der Waals surface area contributed by atoms with E-state index in [2.05, 4.69) is 4.72 Å². The average Bonchev–Trinajstić information content (AvgIpc) is 2.56. The molecule has 14 heteroatoms. The summed E-state index contributed by atoms with van der Waals surface area (Å²) < 4.78 is 62.2. The van der Waals surface area contributed by atoms with Crippen LogP contribution in [0.5, 0.6) is 11.5 Å². The van der Waals surface area contributed by atoms with Crippen LogP contribution in [0.3, 0.4) is 0 Å². The van der Waals surface area contributed by atoms with Crippen molar-refractivity contribution in [1.29, 1.82) is 0 Å². The van der Waals surface area contributed by atoms with Gasteiger partial charge in [-0.15, -0.1) is 32.0 Å². The smallest absolute Gasteiger partial charge is 0.315 e. The van der Waals surface area contributed by atoms with Gasteiger partial charge in [0, 0.05) is 41.6 Å². The number of benzene rings is 1. The number of rotatable bonds is 11. The predicted octanol–water partition coefficient (Wildman–Crippen LogP) is 1.84. The third kappa shape index (κ3) is 6.19. The first-order valence-electron chi connectivity index (χ1n) is 6.97. The minimum atomic E-state index is -4.42. The molecule has 0 aliphatic rings. The fourth-order valence-electron chi connectivity index (χ4n) is 1.93. The molecular weight excluding hydrogens is 453 g/mol. The highest BCUT2D eigenvalue weighted by molar-refractivity contribution is 8.12. The van der Waals surface area contributed by atoms with Crippen LogP contribution in [0.25, 0.3) is 0 Å². The van der Waals surface area contributed by atoms with Gasteiger partial charge in [-0.1, -0.05) is 0 Å². The van der Waals surface area contributed by atoms with Crippen LogP contribution in [0.1, 0.15) is 0 Å². The van der Waals surface area contributed by atoms with E-state index in [0.29, 0.717) is 14.6 Å². The largest absolute Gasteiger partial charge is 0.493 e. The third-order valence-corrected chi connectivity index (χ3v) is 6.19. The number of hydrogen-bond donors (Lipinski definition) is 1. The van der Waals surface area contributed by atoms with Gasteiger partial charge in [0.2, 0.25) is 0 Å². The number of methoxy groups -OCH3 is 2. The number of halogens is 3. The minimum Gasteiger partial charge on any atom is -0.493 e. The molecule has 0 saturated carbocycles. The van der Waals surface area contributed by atoms with Gasteiger partial charge in [-0.25, -0.2) is 0 Å². The van der Waals surface area contributed by atoms with Crippen molar-refractivity contribution in [2.24, 2.45) is 0 Å². The summed E-state index contributed by atoms with van der Waals surface area (Å²) in [6, 6.07) is 4.27. The summed E-state index contributed by atoms with van der Waals surface area (Å²) in [4.78, 5) is 0. The van der Waals surface area contributed by atoms with Crippen LogP contribution < -0.4 is 14.2 Å². The standard InChI is InChI=1S/C12H18Cl3N3O6S2/c1-23-11-4-3-10(9-12(11)24-2)16-26(21,22)18(8-6-14)17(7-5-13)25(15,19)20/h3-4,9,16H,5-8H2,1-2H3. The molecule has 0 unspecified atom stereocenters. The zero-order valence-electron chi connectivity index (χ0n) is 13.9. The van der Waals surface area contributed by atoms with Crippen molar-refractivity contribution in [3.8, 4) is 11.5 Å². The number of nitrogens with zero attached hydrogens (tertiary/aromatic N) is 2. The first-order valence-corrected chi connectivity index (χ1v) is 11.7. The van der Waals surface area contributed by atoms with Gasteiger partial charge < -0.3 is 9.47 Å². The second kappa shape index (κ2) is 10.0. The topological polar surface area (TPSA) is 105 Å². The summed E-state index contributed by atoms with van der Waals surface area (Å²) in [5.41, 5.74) is 0.111. The summed E-state index contributed by atoms with van der Waals surface area (Å²) in [5.74, 6) is 0.300. The van der Waals surface area contributed by atoms with E-state index in [1.807, 2.05) is 0 Å². The van der Waals surface area contributed by atoms with Crippen LogP contribution >= 0.6 is 33.9 Å². The van der Waals surface area contributed by atoms with E-state index in [1.165, 1.54) is 32.4 Å². The number of hydrazine groups is 1. The molecule has 0 aromatic heterocycles. The maximum absolute atomic E-state index is 12.7. The molecule has 0 spiro atoms. The number of alkyl halides is 2. The molecular formula is C12H18Cl3N3O6S2. The van der Waals surface area contributed by atoms with Crippen molar-refractivity contribution in [2.75, 3.05) is 43.8 Å². The molecule has 0 bridgehead atoms. The highest BCUT2D eigenvalue weighted by Gasteiger charge is 2.35. The Hall–Kier alpha value is -0.690. The van der Waals surface area contributed by atoms with Crippen molar-refractivity contribution >= 4 is 59.0 Å². The summed E-state index contributed by atoms with van der Waals surface area (Å²) >= 11 is 11.2. The molecule has 0 aliphatic heterocycles. The van der Waals surface area contributed by atoms with E-state index in [0.717, 1.165) is 0 Å². The van der Waals surface area contributed by atoms with Crippen molar-refractivity contribution in [3.05, 3.63) is 18.2 Å². The summed E-state index contributed by atoms with van der Waals surface area (Å²) in [7, 11) is -0.656. The SMILES string of the molecule is COc1ccc(NS(=O)(=O)N(CCCl)N(CCCl)S(=O)(=O)Cl)cc1OC. The van der Waals surface area contributed by atoms with Gasteiger partial charge in [0.25, 0.3) is 0 Å². The number of ether oxygens (including phenoxy) is 2. The maximum Gasteiger partial charge on any atom is 0.315 e. The molecule has 0 heterocycles. The van der Waals surface area contributed by atoms with Gasteiger partial charge in [-0.3, -0.25) is 4.72 Å². The summed E-state index contributed by atoms with van der Waals surface area (Å²) in [6.07, 6.45) is 0. The number of anilines is 1. The van der Waals surface area contributed by atoms with Crippen LogP contribution in [0.4, 0.5) is 5.69 Å². The molecule has 0 fully saturated rings. The molecule has 1 rings (SSSR count). The Morgan fingerprint density at radius 2 is 1.50 bits per heavy atom. The fraction of sp³-hybridized carbons (Fsp3) is 0.500. The maximum atomic E-state index is 12.7. The van der Waals surface area contributed by atoms with E-state index in [1.54, 1.807) is 0 Å². The normalized spacial score (nSPS) is 12.4. The van der Waals surface area contributed by atoms with E-state index < -0.39 is 19.4 Å². The van der Waals surface area contributed by atoms with Crippen LogP contribution in [0, 0.1) is 0 Å². The molecule has 0 saturated heterocycles. The lowest BCUT2D eigenvalue weighted by Gasteiger charge is -2.30. The molecule has 1 aromatic carbocycles. The average molecular weight is 471 g/mol. The first kappa shape index (κ1) is 23.3. The molecule has 0 amide bonds. The lowest BCUT2D eigenvalue weighted by molar-refractivity contribution is 0.184. The molecule has 1 N–H and O–H groups in total. The first-order chi connectivity index (χ1) is 12.1. The Morgan fingerprint density at radius 3 is 1.96 bits per heavy atom. The fourth-order valence-corrected chi connectivity index (χ4v) is 5.31. The van der Waals surface area contributed by atoms with Gasteiger partial charge in [0.1, 0.15) is 0 Å². The molecule has 0 radical (unpaired) electrons. The lowest BCUT2D eigenvalue weighted by Crippen LogP contribution is -2.51. The van der Waals surface area contributed by atoms with Gasteiger partial charge in [0.15, 0.2) is 11.5 Å². The molecule has 1 aromatic rings. The summed E-state index contributed by atoms with van der Waals surface area (Å²) in [5, 5.41) is 0. The lowest BCUT2D eigenvalue weighted by atomic mass is 10.3. The summed E-state index contributed by atoms with van der Waals surface area (Å²) in [6.45, 7) is -0.718. The van der Waals surface area contributed by atoms with Crippen molar-refractivity contribution in [1.82, 2.24) is 8.83 Å². The molecule has 26 heavy (non-hydrogen) atoms. The Bertz CT molecular complexity index is 806. The Labute approximate surface area is 167 Å². The molecule has 0 atom stereocenters.